The molecule has 0 saturated carbocycles. The van der Waals surface area contributed by atoms with Gasteiger partial charge in [-0.05, 0) is 30.2 Å². The van der Waals surface area contributed by atoms with Crippen molar-refractivity contribution in [3.8, 4) is 0 Å². The molecule has 3 aromatic rings. The van der Waals surface area contributed by atoms with E-state index in [9.17, 15) is 0 Å². The van der Waals surface area contributed by atoms with Crippen molar-refractivity contribution in [1.29, 1.82) is 0 Å². The van der Waals surface area contributed by atoms with E-state index in [-0.39, 0.29) is 5.16 Å². The maximum Gasteiger partial charge on any atom is 0.128 e. The van der Waals surface area contributed by atoms with Crippen molar-refractivity contribution < 1.29 is 0 Å². The number of anilines is 1. The fourth-order valence-electron chi connectivity index (χ4n) is 3.57. The largest absolute Gasteiger partial charge is 0.228 e. The van der Waals surface area contributed by atoms with Gasteiger partial charge in [-0.15, -0.1) is 0 Å². The molecule has 0 fully saturated rings. The summed E-state index contributed by atoms with van der Waals surface area (Å²) in [7, 11) is -1.14. The molecule has 0 aliphatic carbocycles. The third-order valence-electron chi connectivity index (χ3n) is 4.75. The molecule has 0 amide bonds. The normalized spacial score (nSPS) is 19.1. The van der Waals surface area contributed by atoms with Crippen LogP contribution in [0.2, 0.25) is 0 Å². The Bertz CT molecular complexity index is 858. The van der Waals surface area contributed by atoms with Crippen molar-refractivity contribution in [3.63, 3.8) is 0 Å². The zero-order valence-electron chi connectivity index (χ0n) is 14.6. The topological polar surface area (TPSA) is 15.6 Å². The molecule has 1 atom stereocenters. The second-order valence-electron chi connectivity index (χ2n) is 6.49. The second kappa shape index (κ2) is 7.23. The molecule has 0 N–H and O–H groups in total. The predicted molar refractivity (Wildman–Crippen MR) is 113 cm³/mol. The minimum atomic E-state index is -1.14. The first-order valence-corrected chi connectivity index (χ1v) is 10.9. The Kier molecular flexibility index (Phi) is 4.80. The summed E-state index contributed by atoms with van der Waals surface area (Å²) < 4.78 is 2.02. The van der Waals surface area contributed by atoms with Crippen LogP contribution in [0.15, 0.2) is 96.1 Å². The number of hydrogen-bond acceptors (Lipinski definition) is 2. The zero-order valence-corrected chi connectivity index (χ0v) is 16.2. The zero-order chi connectivity index (χ0) is 18.0. The number of benzene rings is 3. The Morgan fingerprint density at radius 2 is 1.27 bits per heavy atom. The lowest BCUT2D eigenvalue weighted by atomic mass is 9.86. The highest BCUT2D eigenvalue weighted by atomic mass is 35.7. The van der Waals surface area contributed by atoms with E-state index < -0.39 is 7.43 Å². The van der Waals surface area contributed by atoms with E-state index in [2.05, 4.69) is 79.7 Å². The van der Waals surface area contributed by atoms with Crippen molar-refractivity contribution in [1.82, 2.24) is 0 Å². The molecule has 1 heterocycles. The van der Waals surface area contributed by atoms with Gasteiger partial charge in [0.1, 0.15) is 7.43 Å². The Balaban J connectivity index is 1.93. The maximum absolute atomic E-state index is 7.26. The number of halogens is 1. The number of para-hydroxylation sites is 1. The molecule has 26 heavy (non-hydrogen) atoms. The molecule has 0 radical (unpaired) electrons. The van der Waals surface area contributed by atoms with Crippen LogP contribution in [0.25, 0.3) is 0 Å². The molecule has 0 bridgehead atoms. The summed E-state index contributed by atoms with van der Waals surface area (Å²) in [4.78, 5) is 0. The molecular weight excluding hydrogens is 359 g/mol. The molecule has 4 heteroatoms. The third-order valence-corrected chi connectivity index (χ3v) is 8.00. The quantitative estimate of drug-likeness (QED) is 0.459. The van der Waals surface area contributed by atoms with E-state index in [4.69, 9.17) is 16.3 Å². The van der Waals surface area contributed by atoms with Gasteiger partial charge in [0.25, 0.3) is 0 Å². The van der Waals surface area contributed by atoms with Crippen LogP contribution in [0.4, 0.5) is 5.69 Å². The molecule has 0 spiro atoms. The lowest BCUT2D eigenvalue weighted by molar-refractivity contribution is 0.743. The molecule has 1 unspecified atom stereocenters. The minimum absolute atomic E-state index is 0.304. The highest BCUT2D eigenvalue weighted by Crippen LogP contribution is 2.69. The average molecular weight is 379 g/mol. The van der Waals surface area contributed by atoms with Crippen LogP contribution in [0.1, 0.15) is 24.5 Å². The van der Waals surface area contributed by atoms with Gasteiger partial charge >= 0.3 is 0 Å². The molecule has 0 saturated heterocycles. The Morgan fingerprint density at radius 3 is 1.77 bits per heavy atom. The van der Waals surface area contributed by atoms with Gasteiger partial charge in [0.2, 0.25) is 0 Å². The SMILES string of the molecule is CC1=NN(c2ccccc2)P(Cl)C(c2ccccc2)(c2ccccc2)C1. The van der Waals surface area contributed by atoms with Crippen molar-refractivity contribution >= 4 is 30.1 Å². The molecule has 130 valence electrons. The standard InChI is InChI=1S/C22H20ClN2P/c1-18-17-22(19-11-5-2-6-12-19,20-13-7-3-8-14-20)26(23)25(24-18)21-15-9-4-10-16-21/h2-16H,17H2,1H3. The molecule has 0 aromatic heterocycles. The highest BCUT2D eigenvalue weighted by molar-refractivity contribution is 7.86. The summed E-state index contributed by atoms with van der Waals surface area (Å²) in [6.45, 7) is 2.09. The van der Waals surface area contributed by atoms with Crippen LogP contribution in [0, 0.1) is 0 Å². The Labute approximate surface area is 160 Å². The monoisotopic (exact) mass is 378 g/mol. The van der Waals surface area contributed by atoms with Crippen LogP contribution >= 0.6 is 18.7 Å². The number of rotatable bonds is 3. The van der Waals surface area contributed by atoms with Crippen molar-refractivity contribution in [2.75, 3.05) is 4.78 Å². The fourth-order valence-corrected chi connectivity index (χ4v) is 6.67. The fraction of sp³-hybridized carbons (Fsp3) is 0.136. The molecule has 2 nitrogen and oxygen atoms in total. The number of hydrazone groups is 1. The van der Waals surface area contributed by atoms with Crippen molar-refractivity contribution in [3.05, 3.63) is 102 Å². The van der Waals surface area contributed by atoms with Gasteiger partial charge in [0.15, 0.2) is 0 Å². The van der Waals surface area contributed by atoms with E-state index >= 15 is 0 Å². The smallest absolute Gasteiger partial charge is 0.128 e. The molecule has 1 aliphatic rings. The molecule has 3 aromatic carbocycles. The van der Waals surface area contributed by atoms with Crippen LogP contribution in [-0.2, 0) is 5.16 Å². The van der Waals surface area contributed by atoms with Crippen LogP contribution in [0.5, 0.6) is 0 Å². The number of nitrogens with zero attached hydrogens (tertiary/aromatic N) is 2. The van der Waals surface area contributed by atoms with E-state index in [1.807, 2.05) is 23.0 Å². The van der Waals surface area contributed by atoms with E-state index in [1.54, 1.807) is 0 Å². The average Bonchev–Trinajstić information content (AvgIpc) is 2.71. The summed E-state index contributed by atoms with van der Waals surface area (Å²) in [5.74, 6) is 0. The first-order chi connectivity index (χ1) is 12.7. The molecular formula is C22H20ClN2P. The summed E-state index contributed by atoms with van der Waals surface area (Å²) in [5.41, 5.74) is 4.59. The van der Waals surface area contributed by atoms with Gasteiger partial charge in [0.05, 0.1) is 10.8 Å². The van der Waals surface area contributed by atoms with Gasteiger partial charge in [-0.25, -0.2) is 4.78 Å². The third kappa shape index (κ3) is 2.94. The molecule has 1 aliphatic heterocycles. The summed E-state index contributed by atoms with van der Waals surface area (Å²) in [5, 5.41) is 4.52. The summed E-state index contributed by atoms with van der Waals surface area (Å²) in [6, 6.07) is 31.4. The molecule has 4 rings (SSSR count). The number of hydrogen-bond donors (Lipinski definition) is 0. The lowest BCUT2D eigenvalue weighted by Gasteiger charge is -2.45. The van der Waals surface area contributed by atoms with Gasteiger partial charge in [-0.2, -0.15) is 5.10 Å². The van der Waals surface area contributed by atoms with Gasteiger partial charge < -0.3 is 0 Å². The lowest BCUT2D eigenvalue weighted by Crippen LogP contribution is -2.36. The maximum atomic E-state index is 7.26. The van der Waals surface area contributed by atoms with E-state index in [0.29, 0.717) is 0 Å². The summed E-state index contributed by atoms with van der Waals surface area (Å²) in [6.07, 6.45) is 0.819. The van der Waals surface area contributed by atoms with Crippen molar-refractivity contribution in [2.24, 2.45) is 5.10 Å². The Hall–Kier alpha value is -2.15. The van der Waals surface area contributed by atoms with Gasteiger partial charge in [0, 0.05) is 12.1 Å². The van der Waals surface area contributed by atoms with Gasteiger partial charge in [-0.3, -0.25) is 0 Å². The van der Waals surface area contributed by atoms with Crippen LogP contribution in [0.3, 0.4) is 0 Å². The predicted octanol–water partition coefficient (Wildman–Crippen LogP) is 6.77. The Morgan fingerprint density at radius 1 is 0.808 bits per heavy atom. The summed E-state index contributed by atoms with van der Waals surface area (Å²) >= 11 is 7.26. The van der Waals surface area contributed by atoms with Gasteiger partial charge in [-0.1, -0.05) is 90.1 Å². The van der Waals surface area contributed by atoms with E-state index in [1.165, 1.54) is 11.1 Å². The van der Waals surface area contributed by atoms with Crippen LogP contribution in [-0.4, -0.2) is 5.71 Å². The highest BCUT2D eigenvalue weighted by Gasteiger charge is 2.48. The van der Waals surface area contributed by atoms with E-state index in [0.717, 1.165) is 17.8 Å². The second-order valence-corrected chi connectivity index (χ2v) is 9.11. The minimum Gasteiger partial charge on any atom is -0.228 e. The van der Waals surface area contributed by atoms with Crippen LogP contribution < -0.4 is 4.78 Å². The van der Waals surface area contributed by atoms with Crippen molar-refractivity contribution in [2.45, 2.75) is 18.5 Å². The first-order valence-electron chi connectivity index (χ1n) is 8.68. The first kappa shape index (κ1) is 17.3.